The van der Waals surface area contributed by atoms with E-state index < -0.39 is 30.4 Å². The van der Waals surface area contributed by atoms with Crippen LogP contribution in [0.25, 0.3) is 0 Å². The van der Waals surface area contributed by atoms with Crippen molar-refractivity contribution in [3.05, 3.63) is 0 Å². The summed E-state index contributed by atoms with van der Waals surface area (Å²) in [5.74, 6) is -2.31. The summed E-state index contributed by atoms with van der Waals surface area (Å²) in [6.45, 7) is 2.24. The molecule has 0 saturated carbocycles. The van der Waals surface area contributed by atoms with Crippen LogP contribution in [0.5, 0.6) is 0 Å². The SMILES string of the molecule is CCCCCCCCCCCCCCCCC(O)(CC(=O)O)CC(=O)O. The second-order valence-corrected chi connectivity index (χ2v) is 7.71. The van der Waals surface area contributed by atoms with E-state index in [1.807, 2.05) is 0 Å². The summed E-state index contributed by atoms with van der Waals surface area (Å²) in [5, 5.41) is 27.8. The van der Waals surface area contributed by atoms with Gasteiger partial charge in [-0.2, -0.15) is 0 Å². The smallest absolute Gasteiger partial charge is 0.306 e. The van der Waals surface area contributed by atoms with E-state index in [2.05, 4.69) is 6.92 Å². The van der Waals surface area contributed by atoms with Crippen LogP contribution in [0.1, 0.15) is 116 Å². The molecule has 0 spiro atoms. The minimum atomic E-state index is -1.62. The molecule has 0 radical (unpaired) electrons. The molecule has 0 aromatic carbocycles. The molecule has 0 aromatic heterocycles. The van der Waals surface area contributed by atoms with E-state index in [0.717, 1.165) is 19.3 Å². The van der Waals surface area contributed by atoms with Gasteiger partial charge in [-0.15, -0.1) is 0 Å². The van der Waals surface area contributed by atoms with E-state index in [0.29, 0.717) is 6.42 Å². The van der Waals surface area contributed by atoms with Gasteiger partial charge in [0.15, 0.2) is 0 Å². The van der Waals surface area contributed by atoms with Gasteiger partial charge in [-0.3, -0.25) is 9.59 Å². The number of carboxylic acid groups (broad SMARTS) is 2. The number of rotatable bonds is 19. The predicted molar refractivity (Wildman–Crippen MR) is 104 cm³/mol. The zero-order chi connectivity index (χ0) is 19.7. The quantitative estimate of drug-likeness (QED) is 0.259. The Labute approximate surface area is 159 Å². The van der Waals surface area contributed by atoms with Crippen LogP contribution in [0.4, 0.5) is 0 Å². The Morgan fingerprint density at radius 1 is 0.615 bits per heavy atom. The number of aliphatic hydroxyl groups is 1. The number of unbranched alkanes of at least 4 members (excludes halogenated alkanes) is 13. The molecule has 154 valence electrons. The van der Waals surface area contributed by atoms with E-state index in [4.69, 9.17) is 10.2 Å². The van der Waals surface area contributed by atoms with Crippen molar-refractivity contribution in [3.63, 3.8) is 0 Å². The summed E-state index contributed by atoms with van der Waals surface area (Å²) < 4.78 is 0. The van der Waals surface area contributed by atoms with Crippen LogP contribution >= 0.6 is 0 Å². The third kappa shape index (κ3) is 16.4. The van der Waals surface area contributed by atoms with Gasteiger partial charge in [-0.25, -0.2) is 0 Å². The van der Waals surface area contributed by atoms with Crippen LogP contribution < -0.4 is 0 Å². The second-order valence-electron chi connectivity index (χ2n) is 7.71. The fraction of sp³-hybridized carbons (Fsp3) is 0.905. The standard InChI is InChI=1S/C21H40O5/c1-2-3-4-5-6-7-8-9-10-11-12-13-14-15-16-21(26,17-19(22)23)18-20(24)25/h26H,2-18H2,1H3,(H,22,23)(H,24,25). The maximum absolute atomic E-state index is 10.8. The summed E-state index contributed by atoms with van der Waals surface area (Å²) in [7, 11) is 0. The maximum atomic E-state index is 10.8. The molecule has 5 heteroatoms. The van der Waals surface area contributed by atoms with Gasteiger partial charge in [0.2, 0.25) is 0 Å². The minimum Gasteiger partial charge on any atom is -0.481 e. The molecule has 0 rings (SSSR count). The molecule has 3 N–H and O–H groups in total. The van der Waals surface area contributed by atoms with E-state index >= 15 is 0 Å². The van der Waals surface area contributed by atoms with E-state index in [-0.39, 0.29) is 6.42 Å². The Kier molecular flexibility index (Phi) is 15.4. The van der Waals surface area contributed by atoms with Gasteiger partial charge < -0.3 is 15.3 Å². The van der Waals surface area contributed by atoms with Crippen LogP contribution in [0.15, 0.2) is 0 Å². The van der Waals surface area contributed by atoms with Gasteiger partial charge in [-0.05, 0) is 6.42 Å². The van der Waals surface area contributed by atoms with Crippen LogP contribution in [0, 0.1) is 0 Å². The average molecular weight is 373 g/mol. The van der Waals surface area contributed by atoms with Crippen LogP contribution in [0.2, 0.25) is 0 Å². The lowest BCUT2D eigenvalue weighted by Crippen LogP contribution is -2.34. The zero-order valence-electron chi connectivity index (χ0n) is 16.7. The number of carbonyl (C=O) groups is 2. The third-order valence-corrected chi connectivity index (χ3v) is 4.96. The van der Waals surface area contributed by atoms with E-state index in [1.54, 1.807) is 0 Å². The molecule has 0 aromatic rings. The van der Waals surface area contributed by atoms with Crippen molar-refractivity contribution < 1.29 is 24.9 Å². The summed E-state index contributed by atoms with van der Waals surface area (Å²) >= 11 is 0. The van der Waals surface area contributed by atoms with E-state index in [1.165, 1.54) is 64.2 Å². The fourth-order valence-corrected chi connectivity index (χ4v) is 3.45. The molecule has 0 bridgehead atoms. The normalized spacial score (nSPS) is 11.6. The van der Waals surface area contributed by atoms with Crippen molar-refractivity contribution in [2.45, 2.75) is 122 Å². The highest BCUT2D eigenvalue weighted by molar-refractivity contribution is 5.72. The highest BCUT2D eigenvalue weighted by atomic mass is 16.4. The van der Waals surface area contributed by atoms with Crippen molar-refractivity contribution in [1.82, 2.24) is 0 Å². The molecule has 5 nitrogen and oxygen atoms in total. The summed E-state index contributed by atoms with van der Waals surface area (Å²) in [4.78, 5) is 21.6. The monoisotopic (exact) mass is 372 g/mol. The largest absolute Gasteiger partial charge is 0.481 e. The maximum Gasteiger partial charge on any atom is 0.306 e. The molecule has 0 saturated heterocycles. The molecule has 26 heavy (non-hydrogen) atoms. The van der Waals surface area contributed by atoms with E-state index in [9.17, 15) is 14.7 Å². The van der Waals surface area contributed by atoms with Crippen molar-refractivity contribution in [3.8, 4) is 0 Å². The second kappa shape index (κ2) is 16.1. The molecular formula is C21H40O5. The Morgan fingerprint density at radius 2 is 0.923 bits per heavy atom. The van der Waals surface area contributed by atoms with Crippen molar-refractivity contribution in [2.24, 2.45) is 0 Å². The summed E-state index contributed by atoms with van der Waals surface area (Å²) in [6.07, 6.45) is 16.4. The van der Waals surface area contributed by atoms with Gasteiger partial charge in [0.05, 0.1) is 18.4 Å². The molecule has 0 aliphatic carbocycles. The molecular weight excluding hydrogens is 332 g/mol. The van der Waals surface area contributed by atoms with Crippen LogP contribution in [0.3, 0.4) is 0 Å². The van der Waals surface area contributed by atoms with Crippen molar-refractivity contribution in [2.75, 3.05) is 0 Å². The third-order valence-electron chi connectivity index (χ3n) is 4.96. The molecule has 0 unspecified atom stereocenters. The first kappa shape index (κ1) is 24.9. The average Bonchev–Trinajstić information content (AvgIpc) is 2.53. The van der Waals surface area contributed by atoms with Crippen LogP contribution in [-0.2, 0) is 9.59 Å². The Hall–Kier alpha value is -1.10. The summed E-state index contributed by atoms with van der Waals surface area (Å²) in [5.41, 5.74) is -1.62. The Bertz CT molecular complexity index is 351. The first-order valence-electron chi connectivity index (χ1n) is 10.6. The Balaban J connectivity index is 3.53. The van der Waals surface area contributed by atoms with Crippen molar-refractivity contribution >= 4 is 11.9 Å². The highest BCUT2D eigenvalue weighted by Crippen LogP contribution is 2.24. The van der Waals surface area contributed by atoms with Gasteiger partial charge in [-0.1, -0.05) is 96.8 Å². The molecule has 0 atom stereocenters. The minimum absolute atomic E-state index is 0.240. The summed E-state index contributed by atoms with van der Waals surface area (Å²) in [6, 6.07) is 0. The highest BCUT2D eigenvalue weighted by Gasteiger charge is 2.32. The fourth-order valence-electron chi connectivity index (χ4n) is 3.45. The number of carboxylic acids is 2. The molecule has 0 aliphatic rings. The van der Waals surface area contributed by atoms with Gasteiger partial charge >= 0.3 is 11.9 Å². The molecule has 0 aliphatic heterocycles. The van der Waals surface area contributed by atoms with Gasteiger partial charge in [0.25, 0.3) is 0 Å². The molecule has 0 heterocycles. The van der Waals surface area contributed by atoms with Gasteiger partial charge in [0, 0.05) is 0 Å². The number of hydrogen-bond donors (Lipinski definition) is 3. The number of aliphatic carboxylic acids is 2. The lowest BCUT2D eigenvalue weighted by Gasteiger charge is -2.24. The lowest BCUT2D eigenvalue weighted by atomic mass is 9.89. The first-order valence-corrected chi connectivity index (χ1v) is 10.6. The molecule has 0 fully saturated rings. The zero-order valence-corrected chi connectivity index (χ0v) is 16.7. The lowest BCUT2D eigenvalue weighted by molar-refractivity contribution is -0.149. The number of hydrogen-bond acceptors (Lipinski definition) is 3. The Morgan fingerprint density at radius 3 is 1.23 bits per heavy atom. The van der Waals surface area contributed by atoms with Crippen LogP contribution in [-0.4, -0.2) is 32.9 Å². The van der Waals surface area contributed by atoms with Crippen molar-refractivity contribution in [1.29, 1.82) is 0 Å². The molecule has 0 amide bonds. The predicted octanol–water partition coefficient (Wildman–Crippen LogP) is 5.54. The first-order chi connectivity index (χ1) is 12.4. The topological polar surface area (TPSA) is 94.8 Å². The van der Waals surface area contributed by atoms with Gasteiger partial charge in [0.1, 0.15) is 0 Å².